The van der Waals surface area contributed by atoms with Crippen LogP contribution in [0.25, 0.3) is 0 Å². The van der Waals surface area contributed by atoms with Gasteiger partial charge in [0.1, 0.15) is 0 Å². The molecular formula is C19H42NO9P. The van der Waals surface area contributed by atoms with Crippen molar-refractivity contribution in [2.45, 2.75) is 6.92 Å². The van der Waals surface area contributed by atoms with Gasteiger partial charge in [-0.2, -0.15) is 0 Å². The average molecular weight is 460 g/mol. The van der Waals surface area contributed by atoms with E-state index in [0.29, 0.717) is 112 Å². The molecule has 0 bridgehead atoms. The smallest absolute Gasteiger partial charge is 0.202 e. The molecule has 10 nitrogen and oxygen atoms in total. The molecule has 0 aromatic heterocycles. The van der Waals surface area contributed by atoms with Crippen molar-refractivity contribution in [1.29, 1.82) is 0 Å². The first-order valence-electron chi connectivity index (χ1n) is 10.6. The molecule has 0 saturated heterocycles. The van der Waals surface area contributed by atoms with Crippen molar-refractivity contribution in [2.75, 3.05) is 118 Å². The minimum Gasteiger partial charge on any atom is -0.378 e. The Hall–Kier alpha value is -0.130. The van der Waals surface area contributed by atoms with Crippen molar-refractivity contribution in [3.8, 4) is 0 Å². The maximum Gasteiger partial charge on any atom is 0.202 e. The first-order chi connectivity index (χ1) is 14.6. The summed E-state index contributed by atoms with van der Waals surface area (Å²) in [5.74, 6) is 0. The topological polar surface area (TPSA) is 117 Å². The third-order valence-electron chi connectivity index (χ3n) is 3.54. The lowest BCUT2D eigenvalue weighted by atomic mass is 10.6. The van der Waals surface area contributed by atoms with Crippen LogP contribution in [0.4, 0.5) is 0 Å². The Labute approximate surface area is 181 Å². The largest absolute Gasteiger partial charge is 0.378 e. The van der Waals surface area contributed by atoms with Gasteiger partial charge in [-0.05, 0) is 6.92 Å². The molecule has 1 unspecified atom stereocenters. The van der Waals surface area contributed by atoms with Crippen molar-refractivity contribution in [3.05, 3.63) is 0 Å². The van der Waals surface area contributed by atoms with Crippen molar-refractivity contribution < 1.29 is 42.2 Å². The molecule has 182 valence electrons. The predicted octanol–water partition coefficient (Wildman–Crippen LogP) is 1.01. The van der Waals surface area contributed by atoms with Crippen LogP contribution in [0.1, 0.15) is 6.92 Å². The summed E-state index contributed by atoms with van der Waals surface area (Å²) in [7, 11) is -2.51. The summed E-state index contributed by atoms with van der Waals surface area (Å²) in [5.41, 5.74) is 5.31. The maximum absolute atomic E-state index is 11.8. The van der Waals surface area contributed by atoms with Crippen LogP contribution in [0.2, 0.25) is 0 Å². The van der Waals surface area contributed by atoms with Gasteiger partial charge in [-0.15, -0.1) is 0 Å². The van der Waals surface area contributed by atoms with Gasteiger partial charge < -0.3 is 43.4 Å². The quantitative estimate of drug-likeness (QED) is 0.157. The zero-order valence-corrected chi connectivity index (χ0v) is 19.6. The number of hydrogen-bond donors (Lipinski definition) is 1. The lowest BCUT2D eigenvalue weighted by Gasteiger charge is -2.12. The van der Waals surface area contributed by atoms with Gasteiger partial charge in [-0.25, -0.2) is 0 Å². The van der Waals surface area contributed by atoms with E-state index in [9.17, 15) is 4.57 Å². The number of ether oxygens (including phenoxy) is 7. The van der Waals surface area contributed by atoms with Crippen molar-refractivity contribution in [2.24, 2.45) is 5.73 Å². The second-order valence-electron chi connectivity index (χ2n) is 6.23. The highest BCUT2D eigenvalue weighted by Gasteiger charge is 2.14. The highest BCUT2D eigenvalue weighted by Crippen LogP contribution is 2.41. The van der Waals surface area contributed by atoms with Crippen LogP contribution in [-0.2, 0) is 42.2 Å². The third-order valence-corrected chi connectivity index (χ3v) is 5.34. The summed E-state index contributed by atoms with van der Waals surface area (Å²) in [4.78, 5) is 0. The zero-order valence-electron chi connectivity index (χ0n) is 18.7. The molecule has 2 N–H and O–H groups in total. The molecule has 0 radical (unpaired) electrons. The average Bonchev–Trinajstić information content (AvgIpc) is 2.71. The monoisotopic (exact) mass is 459 g/mol. The Kier molecular flexibility index (Phi) is 23.4. The Morgan fingerprint density at radius 1 is 0.567 bits per heavy atom. The molecule has 11 heteroatoms. The Morgan fingerprint density at radius 3 is 1.17 bits per heavy atom. The van der Waals surface area contributed by atoms with Crippen molar-refractivity contribution >= 4 is 7.37 Å². The molecule has 0 amide bonds. The second-order valence-corrected chi connectivity index (χ2v) is 8.96. The molecular weight excluding hydrogens is 417 g/mol. The second kappa shape index (κ2) is 23.5. The molecule has 0 fully saturated rings. The fourth-order valence-electron chi connectivity index (χ4n) is 2.07. The van der Waals surface area contributed by atoms with E-state index in [4.69, 9.17) is 43.4 Å². The van der Waals surface area contributed by atoms with Crippen molar-refractivity contribution in [3.63, 3.8) is 0 Å². The van der Waals surface area contributed by atoms with Gasteiger partial charge in [0.15, 0.2) is 0 Å². The van der Waals surface area contributed by atoms with Gasteiger partial charge in [0.05, 0.1) is 99.1 Å². The van der Waals surface area contributed by atoms with E-state index in [1.165, 1.54) is 0 Å². The minimum atomic E-state index is -2.51. The van der Waals surface area contributed by atoms with Crippen LogP contribution in [0.5, 0.6) is 0 Å². The van der Waals surface area contributed by atoms with E-state index in [0.717, 1.165) is 0 Å². The van der Waals surface area contributed by atoms with E-state index in [-0.39, 0.29) is 0 Å². The summed E-state index contributed by atoms with van der Waals surface area (Å²) in [6.07, 6.45) is 0.424. The lowest BCUT2D eigenvalue weighted by molar-refractivity contribution is -0.0198. The van der Waals surface area contributed by atoms with Crippen LogP contribution >= 0.6 is 7.37 Å². The van der Waals surface area contributed by atoms with E-state index in [2.05, 4.69) is 0 Å². The van der Waals surface area contributed by atoms with Gasteiger partial charge in [-0.3, -0.25) is 4.57 Å². The molecule has 0 aliphatic rings. The highest BCUT2D eigenvalue weighted by atomic mass is 31.2. The van der Waals surface area contributed by atoms with Gasteiger partial charge in [0, 0.05) is 19.4 Å². The van der Waals surface area contributed by atoms with Gasteiger partial charge in [0.25, 0.3) is 0 Å². The molecule has 0 heterocycles. The normalized spacial score (nSPS) is 13.6. The minimum absolute atomic E-state index is 0.409. The molecule has 0 aliphatic heterocycles. The van der Waals surface area contributed by atoms with Crippen LogP contribution < -0.4 is 5.73 Å². The van der Waals surface area contributed by atoms with Gasteiger partial charge in [-0.1, -0.05) is 0 Å². The Bertz CT molecular complexity index is 391. The summed E-state index contributed by atoms with van der Waals surface area (Å²) in [5, 5.41) is 0. The molecule has 0 aliphatic carbocycles. The van der Waals surface area contributed by atoms with Crippen LogP contribution in [0.15, 0.2) is 0 Å². The fourth-order valence-corrected chi connectivity index (χ4v) is 3.21. The standard InChI is InChI=1S/C19H42NO9P/c1-3-29-30(2,21)19-18-28-17-16-27-15-14-26-13-12-25-11-10-24-9-8-23-7-6-22-5-4-20/h3-20H2,1-2H3. The summed E-state index contributed by atoms with van der Waals surface area (Å²) >= 11 is 0. The van der Waals surface area contributed by atoms with Gasteiger partial charge >= 0.3 is 0 Å². The van der Waals surface area contributed by atoms with E-state index < -0.39 is 7.37 Å². The summed E-state index contributed by atoms with van der Waals surface area (Å²) in [6.45, 7) is 11.6. The zero-order chi connectivity index (χ0) is 22.2. The van der Waals surface area contributed by atoms with E-state index in [1.807, 2.05) is 6.92 Å². The Morgan fingerprint density at radius 2 is 0.867 bits per heavy atom. The Balaban J connectivity index is 3.09. The van der Waals surface area contributed by atoms with Crippen LogP contribution in [-0.4, -0.2) is 118 Å². The first kappa shape index (κ1) is 29.9. The summed E-state index contributed by atoms with van der Waals surface area (Å²) in [6, 6.07) is 0. The van der Waals surface area contributed by atoms with Crippen molar-refractivity contribution in [1.82, 2.24) is 0 Å². The summed E-state index contributed by atoms with van der Waals surface area (Å²) < 4.78 is 54.5. The molecule has 0 aromatic rings. The van der Waals surface area contributed by atoms with Gasteiger partial charge in [0.2, 0.25) is 7.37 Å². The third kappa shape index (κ3) is 24.1. The molecule has 0 rings (SSSR count). The highest BCUT2D eigenvalue weighted by molar-refractivity contribution is 7.58. The predicted molar refractivity (Wildman–Crippen MR) is 115 cm³/mol. The van der Waals surface area contributed by atoms with Crippen LogP contribution in [0.3, 0.4) is 0 Å². The maximum atomic E-state index is 11.8. The molecule has 0 aromatic carbocycles. The van der Waals surface area contributed by atoms with Crippen LogP contribution in [0, 0.1) is 0 Å². The first-order valence-corrected chi connectivity index (χ1v) is 12.8. The fraction of sp³-hybridized carbons (Fsp3) is 1.00. The lowest BCUT2D eigenvalue weighted by Crippen LogP contribution is -2.15. The molecule has 1 atom stereocenters. The molecule has 0 saturated carbocycles. The molecule has 30 heavy (non-hydrogen) atoms. The number of nitrogens with two attached hydrogens (primary N) is 1. The number of hydrogen-bond acceptors (Lipinski definition) is 10. The molecule has 0 spiro atoms. The van der Waals surface area contributed by atoms with E-state index >= 15 is 0 Å². The SMILES string of the molecule is CCOP(C)(=O)CCOCCOCCOCCOCCOCCOCCOCCN. The van der Waals surface area contributed by atoms with E-state index in [1.54, 1.807) is 6.66 Å². The number of rotatable bonds is 25.